The molecule has 116 valence electrons. The summed E-state index contributed by atoms with van der Waals surface area (Å²) in [6.07, 6.45) is 11.2. The lowest BCUT2D eigenvalue weighted by atomic mass is 10.1. The second-order valence-electron chi connectivity index (χ2n) is 4.58. The third-order valence-electron chi connectivity index (χ3n) is 2.84. The molecule has 6 nitrogen and oxygen atoms in total. The van der Waals surface area contributed by atoms with E-state index < -0.39 is 0 Å². The van der Waals surface area contributed by atoms with Crippen LogP contribution in [-0.4, -0.2) is 17.8 Å². The molecule has 0 fully saturated rings. The summed E-state index contributed by atoms with van der Waals surface area (Å²) in [6.45, 7) is 0. The van der Waals surface area contributed by atoms with E-state index in [9.17, 15) is 9.59 Å². The van der Waals surface area contributed by atoms with Crippen molar-refractivity contribution in [1.29, 1.82) is 0 Å². The maximum Gasteiger partial charge on any atom is 0.178 e. The Hall–Kier alpha value is -3.15. The van der Waals surface area contributed by atoms with Gasteiger partial charge in [0.25, 0.3) is 0 Å². The van der Waals surface area contributed by atoms with Crippen LogP contribution in [0.4, 0.5) is 0 Å². The molecule has 1 aliphatic rings. The first-order valence-corrected chi connectivity index (χ1v) is 7.00. The summed E-state index contributed by atoms with van der Waals surface area (Å²) in [6, 6.07) is 6.97. The van der Waals surface area contributed by atoms with Gasteiger partial charge in [0.05, 0.1) is 11.5 Å². The molecule has 1 aromatic carbocycles. The lowest BCUT2D eigenvalue weighted by molar-refractivity contribution is -0.115. The molecule has 1 heterocycles. The molecule has 1 aromatic rings. The molecule has 0 saturated carbocycles. The largest absolute Gasteiger partial charge is 0.338 e. The molecule has 0 atom stereocenters. The monoisotopic (exact) mass is 309 g/mol. The van der Waals surface area contributed by atoms with Crippen molar-refractivity contribution in [2.45, 2.75) is 12.8 Å². The normalized spacial score (nSPS) is 23.0. The van der Waals surface area contributed by atoms with Crippen LogP contribution in [0.3, 0.4) is 0 Å². The molecule has 0 saturated heterocycles. The number of nitrogens with zero attached hydrogens (tertiary/aromatic N) is 3. The van der Waals surface area contributed by atoms with E-state index in [0.717, 1.165) is 0 Å². The highest BCUT2D eigenvalue weighted by Gasteiger charge is 2.07. The molecule has 0 N–H and O–H groups in total. The Morgan fingerprint density at radius 1 is 1.00 bits per heavy atom. The number of carbonyl (C=O) groups excluding carboxylic acids is 2. The Kier molecular flexibility index (Phi) is 6.34. The zero-order chi connectivity index (χ0) is 16.3. The molecule has 0 aliphatic carbocycles. The maximum atomic E-state index is 11.9. The smallest absolute Gasteiger partial charge is 0.178 e. The van der Waals surface area contributed by atoms with Crippen molar-refractivity contribution < 1.29 is 14.4 Å². The summed E-state index contributed by atoms with van der Waals surface area (Å²) < 4.78 is 0. The van der Waals surface area contributed by atoms with Gasteiger partial charge in [-0.05, 0) is 42.0 Å². The van der Waals surface area contributed by atoms with E-state index in [1.54, 1.807) is 42.5 Å². The highest BCUT2D eigenvalue weighted by Crippen LogP contribution is 2.19. The van der Waals surface area contributed by atoms with Crippen LogP contribution < -0.4 is 4.84 Å². The van der Waals surface area contributed by atoms with Gasteiger partial charge < -0.3 is 4.84 Å². The Morgan fingerprint density at radius 2 is 1.87 bits per heavy atom. The molecular formula is C17H15N3O3. The average Bonchev–Trinajstić information content (AvgIpc) is 2.55. The van der Waals surface area contributed by atoms with Gasteiger partial charge >= 0.3 is 0 Å². The number of ketones is 2. The zero-order valence-corrected chi connectivity index (χ0v) is 12.3. The van der Waals surface area contributed by atoms with Crippen molar-refractivity contribution in [3.05, 3.63) is 66.3 Å². The summed E-state index contributed by atoms with van der Waals surface area (Å²) >= 11 is 0. The highest BCUT2D eigenvalue weighted by atomic mass is 16.6. The molecule has 6 heteroatoms. The first-order chi connectivity index (χ1) is 11.3. The summed E-state index contributed by atoms with van der Waals surface area (Å²) in [5.41, 5.74) is 0.650. The molecule has 0 unspecified atom stereocenters. The minimum absolute atomic E-state index is 0.101. The number of hydrogen-bond acceptors (Lipinski definition) is 6. The van der Waals surface area contributed by atoms with Gasteiger partial charge in [-0.3, -0.25) is 9.59 Å². The molecule has 0 amide bonds. The standard InChI is InChI=1S/C17H15N3O3/c21-15-8-3-1-2-6-12-18-19-20-23-17-9-5-4-7-14(17)13-16(22)11-10-15/h2-12H,1,13H2/b6-2-,8-3-,11-10-,18-12-,20-19-. The van der Waals surface area contributed by atoms with Gasteiger partial charge in [0.1, 0.15) is 0 Å². The number of hydrogen-bond donors (Lipinski definition) is 0. The topological polar surface area (TPSA) is 80.4 Å². The van der Waals surface area contributed by atoms with Crippen molar-refractivity contribution >= 4 is 17.8 Å². The van der Waals surface area contributed by atoms with Gasteiger partial charge in [0.15, 0.2) is 17.3 Å². The van der Waals surface area contributed by atoms with E-state index in [1.165, 1.54) is 24.4 Å². The average molecular weight is 309 g/mol. The second kappa shape index (κ2) is 8.99. The van der Waals surface area contributed by atoms with Gasteiger partial charge in [-0.15, -0.1) is 5.10 Å². The van der Waals surface area contributed by atoms with Crippen LogP contribution in [0.2, 0.25) is 0 Å². The Morgan fingerprint density at radius 3 is 2.78 bits per heavy atom. The molecule has 0 radical (unpaired) electrons. The second-order valence-corrected chi connectivity index (χ2v) is 4.58. The molecule has 0 spiro atoms. The van der Waals surface area contributed by atoms with Crippen LogP contribution in [0.25, 0.3) is 0 Å². The number of carbonyl (C=O) groups is 2. The van der Waals surface area contributed by atoms with Crippen LogP contribution >= 0.6 is 0 Å². The predicted octanol–water partition coefficient (Wildman–Crippen LogP) is 3.17. The lowest BCUT2D eigenvalue weighted by Gasteiger charge is -2.03. The minimum atomic E-state index is -0.237. The van der Waals surface area contributed by atoms with E-state index in [4.69, 9.17) is 4.84 Å². The number of para-hydroxylation sites is 1. The lowest BCUT2D eigenvalue weighted by Crippen LogP contribution is -2.01. The number of rotatable bonds is 0. The van der Waals surface area contributed by atoms with Gasteiger partial charge in [-0.1, -0.05) is 30.4 Å². The fourth-order valence-corrected chi connectivity index (χ4v) is 1.77. The highest BCUT2D eigenvalue weighted by molar-refractivity contribution is 6.04. The molecule has 2 rings (SSSR count). The summed E-state index contributed by atoms with van der Waals surface area (Å²) in [5, 5.41) is 10.7. The fraction of sp³-hybridized carbons (Fsp3) is 0.118. The summed E-state index contributed by atoms with van der Waals surface area (Å²) in [5.74, 6) is -0.0273. The Labute approximate surface area is 133 Å². The molecule has 1 aliphatic heterocycles. The van der Waals surface area contributed by atoms with Crippen molar-refractivity contribution in [3.8, 4) is 5.75 Å². The van der Waals surface area contributed by atoms with Crippen LogP contribution in [0.5, 0.6) is 5.75 Å². The van der Waals surface area contributed by atoms with Crippen LogP contribution in [0.1, 0.15) is 12.0 Å². The summed E-state index contributed by atoms with van der Waals surface area (Å²) in [7, 11) is 0. The van der Waals surface area contributed by atoms with Crippen molar-refractivity contribution in [3.63, 3.8) is 0 Å². The van der Waals surface area contributed by atoms with Gasteiger partial charge in [-0.25, -0.2) is 0 Å². The van der Waals surface area contributed by atoms with Crippen molar-refractivity contribution in [2.75, 3.05) is 0 Å². The third-order valence-corrected chi connectivity index (χ3v) is 2.84. The minimum Gasteiger partial charge on any atom is -0.338 e. The van der Waals surface area contributed by atoms with E-state index in [2.05, 4.69) is 15.6 Å². The van der Waals surface area contributed by atoms with E-state index >= 15 is 0 Å². The summed E-state index contributed by atoms with van der Waals surface area (Å²) in [4.78, 5) is 28.7. The van der Waals surface area contributed by atoms with Crippen LogP contribution in [0.15, 0.2) is 76.3 Å². The van der Waals surface area contributed by atoms with Crippen LogP contribution in [-0.2, 0) is 16.0 Å². The quantitative estimate of drug-likeness (QED) is 0.738. The Bertz CT molecular complexity index is 716. The van der Waals surface area contributed by atoms with Crippen molar-refractivity contribution in [2.24, 2.45) is 15.6 Å². The van der Waals surface area contributed by atoms with Gasteiger partial charge in [-0.2, -0.15) is 0 Å². The molecule has 23 heavy (non-hydrogen) atoms. The first-order valence-electron chi connectivity index (χ1n) is 7.00. The zero-order valence-electron chi connectivity index (χ0n) is 12.3. The fourth-order valence-electron chi connectivity index (χ4n) is 1.77. The van der Waals surface area contributed by atoms with E-state index in [-0.39, 0.29) is 18.0 Å². The number of fused-ring (bicyclic) bond motifs is 1. The van der Waals surface area contributed by atoms with Crippen molar-refractivity contribution in [1.82, 2.24) is 0 Å². The molecule has 0 bridgehead atoms. The SMILES string of the molecule is O=C1/C=C\C\C=C/C=N\N=N/Oc2ccccc2CC(=O)/C=C\1. The van der Waals surface area contributed by atoms with Gasteiger partial charge in [0, 0.05) is 12.0 Å². The first kappa shape index (κ1) is 16.2. The predicted molar refractivity (Wildman–Crippen MR) is 86.2 cm³/mol. The van der Waals surface area contributed by atoms with E-state index in [1.807, 2.05) is 0 Å². The number of benzene rings is 1. The maximum absolute atomic E-state index is 11.9. The van der Waals surface area contributed by atoms with E-state index in [0.29, 0.717) is 17.7 Å². The third kappa shape index (κ3) is 6.01. The molecular weight excluding hydrogens is 294 g/mol. The molecule has 0 aromatic heterocycles. The number of allylic oxidation sites excluding steroid dienone is 6. The van der Waals surface area contributed by atoms with Crippen LogP contribution in [0, 0.1) is 0 Å². The van der Waals surface area contributed by atoms with Gasteiger partial charge in [0.2, 0.25) is 0 Å². The Balaban J connectivity index is 2.22.